The number of nitrogens with two attached hydrogens (primary N) is 1. The lowest BCUT2D eigenvalue weighted by Crippen LogP contribution is -2.31. The first-order valence-corrected chi connectivity index (χ1v) is 5.91. The minimum Gasteiger partial charge on any atom is -0.340 e. The van der Waals surface area contributed by atoms with Crippen LogP contribution in [-0.2, 0) is 0 Å². The minimum atomic E-state index is -0.936. The van der Waals surface area contributed by atoms with E-state index in [4.69, 9.17) is 11.1 Å². The van der Waals surface area contributed by atoms with Crippen LogP contribution in [0.1, 0.15) is 17.3 Å². The van der Waals surface area contributed by atoms with Crippen LogP contribution in [0.25, 0.3) is 0 Å². The van der Waals surface area contributed by atoms with Crippen LogP contribution in [0.4, 0.5) is 15.8 Å². The summed E-state index contributed by atoms with van der Waals surface area (Å²) in [6.45, 7) is 1.70. The highest BCUT2D eigenvalue weighted by molar-refractivity contribution is 5.99. The first-order chi connectivity index (χ1) is 9.81. The number of benzene rings is 1. The molecule has 0 spiro atoms. The van der Waals surface area contributed by atoms with E-state index in [-0.39, 0.29) is 17.8 Å². The number of anilines is 1. The van der Waals surface area contributed by atoms with E-state index in [1.807, 2.05) is 11.5 Å². The van der Waals surface area contributed by atoms with Crippen molar-refractivity contribution in [1.29, 1.82) is 5.26 Å². The van der Waals surface area contributed by atoms with Gasteiger partial charge in [0, 0.05) is 13.6 Å². The van der Waals surface area contributed by atoms with Crippen LogP contribution < -0.4 is 11.3 Å². The molecule has 0 heterocycles. The molecule has 1 unspecified atom stereocenters. The number of nitro benzene ring substituents is 1. The Kier molecular flexibility index (Phi) is 5.15. The Morgan fingerprint density at radius 3 is 2.76 bits per heavy atom. The van der Waals surface area contributed by atoms with E-state index in [0.29, 0.717) is 6.07 Å². The number of hydrogen-bond acceptors (Lipinski definition) is 6. The summed E-state index contributed by atoms with van der Waals surface area (Å²) < 4.78 is 13.5. The number of hydrazine groups is 1. The first kappa shape index (κ1) is 16.3. The summed E-state index contributed by atoms with van der Waals surface area (Å²) >= 11 is 0. The molecule has 3 N–H and O–H groups in total. The van der Waals surface area contributed by atoms with Gasteiger partial charge in [-0.15, -0.1) is 0 Å². The zero-order chi connectivity index (χ0) is 16.2. The molecule has 1 amide bonds. The Morgan fingerprint density at radius 2 is 2.29 bits per heavy atom. The number of rotatable bonds is 5. The molecular formula is C12H14FN5O3. The van der Waals surface area contributed by atoms with E-state index < -0.39 is 28.3 Å². The topological polar surface area (TPSA) is 125 Å². The Morgan fingerprint density at radius 1 is 1.67 bits per heavy atom. The lowest BCUT2D eigenvalue weighted by Gasteiger charge is -2.18. The normalized spacial score (nSPS) is 11.4. The number of amides is 1. The van der Waals surface area contributed by atoms with E-state index in [0.717, 1.165) is 11.0 Å². The number of hydrogen-bond donors (Lipinski definition) is 2. The number of nitrogen functional groups attached to an aromatic ring is 1. The van der Waals surface area contributed by atoms with E-state index in [9.17, 15) is 19.3 Å². The fraction of sp³-hybridized carbons (Fsp3) is 0.333. The fourth-order valence-corrected chi connectivity index (χ4v) is 1.74. The molecule has 0 bridgehead atoms. The van der Waals surface area contributed by atoms with Crippen molar-refractivity contribution < 1.29 is 14.1 Å². The van der Waals surface area contributed by atoms with Crippen LogP contribution in [0.15, 0.2) is 12.1 Å². The number of nitriles is 1. The van der Waals surface area contributed by atoms with Gasteiger partial charge < -0.3 is 10.3 Å². The van der Waals surface area contributed by atoms with E-state index in [2.05, 4.69) is 0 Å². The highest BCUT2D eigenvalue weighted by Crippen LogP contribution is 2.26. The van der Waals surface area contributed by atoms with Crippen molar-refractivity contribution in [2.45, 2.75) is 6.92 Å². The van der Waals surface area contributed by atoms with Crippen LogP contribution >= 0.6 is 0 Å². The predicted octanol–water partition coefficient (Wildman–Crippen LogP) is 1.25. The second-order valence-corrected chi connectivity index (χ2v) is 4.47. The smallest absolute Gasteiger partial charge is 0.285 e. The van der Waals surface area contributed by atoms with Gasteiger partial charge in [0.2, 0.25) is 0 Å². The SMILES string of the molecule is CC(C#N)CN(C)C(=O)c1cc(NN)c(F)cc1[N+](=O)[O-]. The molecule has 0 saturated heterocycles. The Labute approximate surface area is 120 Å². The van der Waals surface area contributed by atoms with Crippen molar-refractivity contribution in [3.8, 4) is 6.07 Å². The van der Waals surface area contributed by atoms with Gasteiger partial charge in [0.25, 0.3) is 11.6 Å². The lowest BCUT2D eigenvalue weighted by atomic mass is 10.1. The molecule has 9 heteroatoms. The summed E-state index contributed by atoms with van der Waals surface area (Å²) in [7, 11) is 1.40. The summed E-state index contributed by atoms with van der Waals surface area (Å²) in [4.78, 5) is 23.5. The van der Waals surface area contributed by atoms with Gasteiger partial charge in [0.1, 0.15) is 5.56 Å². The van der Waals surface area contributed by atoms with Gasteiger partial charge in [0.15, 0.2) is 5.82 Å². The van der Waals surface area contributed by atoms with E-state index in [1.165, 1.54) is 7.05 Å². The van der Waals surface area contributed by atoms with Crippen LogP contribution in [0.3, 0.4) is 0 Å². The molecule has 0 saturated carbocycles. The largest absolute Gasteiger partial charge is 0.340 e. The van der Waals surface area contributed by atoms with Crippen LogP contribution in [0, 0.1) is 33.2 Å². The molecule has 21 heavy (non-hydrogen) atoms. The van der Waals surface area contributed by atoms with Crippen molar-refractivity contribution >= 4 is 17.3 Å². The third-order valence-electron chi connectivity index (χ3n) is 2.78. The Bertz CT molecular complexity index is 614. The van der Waals surface area contributed by atoms with Crippen molar-refractivity contribution in [1.82, 2.24) is 4.90 Å². The first-order valence-electron chi connectivity index (χ1n) is 5.91. The van der Waals surface area contributed by atoms with Gasteiger partial charge >= 0.3 is 0 Å². The third-order valence-corrected chi connectivity index (χ3v) is 2.78. The Hall–Kier alpha value is -2.73. The molecule has 1 atom stereocenters. The molecule has 0 aliphatic rings. The molecule has 1 aromatic carbocycles. The van der Waals surface area contributed by atoms with Gasteiger partial charge in [-0.25, -0.2) is 4.39 Å². The van der Waals surface area contributed by atoms with Crippen molar-refractivity contribution in [2.75, 3.05) is 19.0 Å². The number of halogens is 1. The molecule has 0 aromatic heterocycles. The second-order valence-electron chi connectivity index (χ2n) is 4.47. The highest BCUT2D eigenvalue weighted by atomic mass is 19.1. The third kappa shape index (κ3) is 3.64. The van der Waals surface area contributed by atoms with Gasteiger partial charge in [-0.1, -0.05) is 0 Å². The zero-order valence-corrected chi connectivity index (χ0v) is 11.5. The maximum atomic E-state index is 13.5. The van der Waals surface area contributed by atoms with Crippen molar-refractivity contribution in [3.63, 3.8) is 0 Å². The molecule has 0 aliphatic heterocycles. The van der Waals surface area contributed by atoms with Crippen molar-refractivity contribution in [3.05, 3.63) is 33.6 Å². The molecule has 1 rings (SSSR count). The standard InChI is InChI=1S/C12H14FN5O3/c1-7(5-14)6-17(2)12(19)8-3-10(16-15)9(13)4-11(8)18(20)21/h3-4,7,16H,6,15H2,1-2H3. The van der Waals surface area contributed by atoms with Gasteiger partial charge in [-0.2, -0.15) is 5.26 Å². The summed E-state index contributed by atoms with van der Waals surface area (Å²) in [5, 5.41) is 19.7. The summed E-state index contributed by atoms with van der Waals surface area (Å²) in [6.07, 6.45) is 0. The fourth-order valence-electron chi connectivity index (χ4n) is 1.74. The molecule has 1 aromatic rings. The van der Waals surface area contributed by atoms with E-state index >= 15 is 0 Å². The highest BCUT2D eigenvalue weighted by Gasteiger charge is 2.26. The number of nitrogens with one attached hydrogen (secondary N) is 1. The second kappa shape index (κ2) is 6.62. The number of nitrogens with zero attached hydrogens (tertiary/aromatic N) is 3. The lowest BCUT2D eigenvalue weighted by molar-refractivity contribution is -0.385. The molecule has 0 radical (unpaired) electrons. The molecular weight excluding hydrogens is 281 g/mol. The van der Waals surface area contributed by atoms with E-state index in [1.54, 1.807) is 6.92 Å². The van der Waals surface area contributed by atoms with Crippen LogP contribution in [0.2, 0.25) is 0 Å². The monoisotopic (exact) mass is 295 g/mol. The average molecular weight is 295 g/mol. The van der Waals surface area contributed by atoms with Gasteiger partial charge in [-0.05, 0) is 13.0 Å². The van der Waals surface area contributed by atoms with Crippen LogP contribution in [0.5, 0.6) is 0 Å². The molecule has 112 valence electrons. The van der Waals surface area contributed by atoms with Gasteiger partial charge in [0.05, 0.1) is 28.7 Å². The minimum absolute atomic E-state index is 0.0925. The summed E-state index contributed by atoms with van der Waals surface area (Å²) in [5.41, 5.74) is 0.833. The van der Waals surface area contributed by atoms with Crippen LogP contribution in [-0.4, -0.2) is 29.3 Å². The average Bonchev–Trinajstić information content (AvgIpc) is 2.45. The summed E-state index contributed by atoms with van der Waals surface area (Å²) in [6, 6.07) is 3.56. The maximum Gasteiger partial charge on any atom is 0.285 e. The number of carbonyl (C=O) groups excluding carboxylic acids is 1. The molecule has 0 aliphatic carbocycles. The molecule has 8 nitrogen and oxygen atoms in total. The maximum absolute atomic E-state index is 13.5. The van der Waals surface area contributed by atoms with Gasteiger partial charge in [-0.3, -0.25) is 20.8 Å². The quantitative estimate of drug-likeness (QED) is 0.478. The summed E-state index contributed by atoms with van der Waals surface area (Å²) in [5.74, 6) is 3.03. The number of carbonyl (C=O) groups is 1. The predicted molar refractivity (Wildman–Crippen MR) is 72.6 cm³/mol. The van der Waals surface area contributed by atoms with Crippen molar-refractivity contribution in [2.24, 2.45) is 11.8 Å². The Balaban J connectivity index is 3.24. The molecule has 0 fully saturated rings. The zero-order valence-electron chi connectivity index (χ0n) is 11.5. The number of nitro groups is 1.